The molecule has 4 heteroatoms. The zero-order valence-electron chi connectivity index (χ0n) is 10.5. The van der Waals surface area contributed by atoms with Crippen LogP contribution in [0.25, 0.3) is 0 Å². The van der Waals surface area contributed by atoms with Gasteiger partial charge in [-0.1, -0.05) is 13.3 Å². The summed E-state index contributed by atoms with van der Waals surface area (Å²) < 4.78 is 16.3. The van der Waals surface area contributed by atoms with Crippen molar-refractivity contribution in [2.45, 2.75) is 26.2 Å². The molecule has 3 nitrogen and oxygen atoms in total. The van der Waals surface area contributed by atoms with Gasteiger partial charge in [-0.3, -0.25) is 0 Å². The van der Waals surface area contributed by atoms with Gasteiger partial charge in [-0.25, -0.2) is 0 Å². The van der Waals surface area contributed by atoms with Crippen LogP contribution < -0.4 is 4.74 Å². The topological polar surface area (TPSA) is 27.7 Å². The van der Waals surface area contributed by atoms with Gasteiger partial charge in [0.05, 0.1) is 19.8 Å². The Labute approximate surface area is 108 Å². The van der Waals surface area contributed by atoms with E-state index in [-0.39, 0.29) is 0 Å². The van der Waals surface area contributed by atoms with Crippen LogP contribution in [0.15, 0.2) is 17.5 Å². The molecular formula is C13H22O3S. The zero-order chi connectivity index (χ0) is 12.2. The minimum absolute atomic E-state index is 0.683. The molecule has 98 valence electrons. The van der Waals surface area contributed by atoms with Gasteiger partial charge in [-0.2, -0.15) is 0 Å². The van der Waals surface area contributed by atoms with E-state index in [1.807, 2.05) is 17.5 Å². The van der Waals surface area contributed by atoms with E-state index in [9.17, 15) is 0 Å². The van der Waals surface area contributed by atoms with E-state index in [0.29, 0.717) is 13.2 Å². The van der Waals surface area contributed by atoms with Crippen LogP contribution in [-0.4, -0.2) is 33.0 Å². The Morgan fingerprint density at radius 1 is 1.00 bits per heavy atom. The number of unbranched alkanes of at least 4 members (excludes halogenated alkanes) is 1. The van der Waals surface area contributed by atoms with E-state index in [0.717, 1.165) is 37.7 Å². The molecule has 0 N–H and O–H groups in total. The molecule has 0 amide bonds. The second-order valence-corrected chi connectivity index (χ2v) is 4.62. The standard InChI is InChI=1S/C13H22O3S/c1-2-3-7-14-10-11-15-8-5-9-16-13-6-4-12-17-13/h4,6,12H,2-3,5,7-11H2,1H3. The van der Waals surface area contributed by atoms with Crippen LogP contribution in [0.4, 0.5) is 0 Å². The molecule has 0 aromatic carbocycles. The Kier molecular flexibility index (Phi) is 9.00. The predicted molar refractivity (Wildman–Crippen MR) is 71.0 cm³/mol. The molecule has 0 aliphatic rings. The monoisotopic (exact) mass is 258 g/mol. The summed E-state index contributed by atoms with van der Waals surface area (Å²) in [5, 5.41) is 2.99. The number of rotatable bonds is 11. The molecule has 0 fully saturated rings. The Hall–Kier alpha value is -0.580. The van der Waals surface area contributed by atoms with E-state index in [1.54, 1.807) is 11.3 Å². The van der Waals surface area contributed by atoms with Crippen molar-refractivity contribution in [3.8, 4) is 5.06 Å². The van der Waals surface area contributed by atoms with Gasteiger partial charge in [0.2, 0.25) is 0 Å². The SMILES string of the molecule is CCCCOCCOCCCOc1cccs1. The first-order chi connectivity index (χ1) is 8.43. The van der Waals surface area contributed by atoms with Crippen LogP contribution in [0.5, 0.6) is 5.06 Å². The fourth-order valence-electron chi connectivity index (χ4n) is 1.25. The lowest BCUT2D eigenvalue weighted by Crippen LogP contribution is -2.08. The molecule has 0 aliphatic heterocycles. The minimum atomic E-state index is 0.683. The first-order valence-electron chi connectivity index (χ1n) is 6.25. The number of ether oxygens (including phenoxy) is 3. The highest BCUT2D eigenvalue weighted by Gasteiger charge is 1.94. The highest BCUT2D eigenvalue weighted by molar-refractivity contribution is 7.11. The molecule has 0 bridgehead atoms. The van der Waals surface area contributed by atoms with Gasteiger partial charge < -0.3 is 14.2 Å². The normalized spacial score (nSPS) is 10.6. The van der Waals surface area contributed by atoms with Crippen molar-refractivity contribution in [1.82, 2.24) is 0 Å². The molecule has 0 saturated heterocycles. The van der Waals surface area contributed by atoms with Gasteiger partial charge in [0.25, 0.3) is 0 Å². The van der Waals surface area contributed by atoms with Gasteiger partial charge in [0, 0.05) is 19.6 Å². The predicted octanol–water partition coefficient (Wildman–Crippen LogP) is 3.35. The molecule has 1 aromatic heterocycles. The first-order valence-corrected chi connectivity index (χ1v) is 7.13. The lowest BCUT2D eigenvalue weighted by atomic mass is 10.4. The van der Waals surface area contributed by atoms with E-state index in [1.165, 1.54) is 6.42 Å². The van der Waals surface area contributed by atoms with Gasteiger partial charge in [-0.05, 0) is 23.9 Å². The molecule has 0 unspecified atom stereocenters. The number of hydrogen-bond donors (Lipinski definition) is 0. The lowest BCUT2D eigenvalue weighted by Gasteiger charge is -2.06. The second kappa shape index (κ2) is 10.6. The molecule has 17 heavy (non-hydrogen) atoms. The fraction of sp³-hybridized carbons (Fsp3) is 0.692. The summed E-state index contributed by atoms with van der Waals surface area (Å²) in [6.07, 6.45) is 3.24. The third-order valence-corrected chi connectivity index (χ3v) is 2.97. The van der Waals surface area contributed by atoms with Crippen LogP contribution in [0, 0.1) is 0 Å². The van der Waals surface area contributed by atoms with Gasteiger partial charge in [0.1, 0.15) is 0 Å². The smallest absolute Gasteiger partial charge is 0.173 e. The maximum Gasteiger partial charge on any atom is 0.173 e. The van der Waals surface area contributed by atoms with Crippen LogP contribution in [0.3, 0.4) is 0 Å². The van der Waals surface area contributed by atoms with E-state index >= 15 is 0 Å². The average molecular weight is 258 g/mol. The molecule has 1 heterocycles. The molecule has 1 aromatic rings. The van der Waals surface area contributed by atoms with Crippen LogP contribution in [0.2, 0.25) is 0 Å². The van der Waals surface area contributed by atoms with E-state index in [2.05, 4.69) is 6.92 Å². The Morgan fingerprint density at radius 2 is 1.76 bits per heavy atom. The van der Waals surface area contributed by atoms with Gasteiger partial charge in [-0.15, -0.1) is 11.3 Å². The molecule has 0 radical (unpaired) electrons. The maximum atomic E-state index is 5.51. The van der Waals surface area contributed by atoms with Crippen molar-refractivity contribution < 1.29 is 14.2 Å². The van der Waals surface area contributed by atoms with Crippen molar-refractivity contribution >= 4 is 11.3 Å². The summed E-state index contributed by atoms with van der Waals surface area (Å²) in [4.78, 5) is 0. The zero-order valence-corrected chi connectivity index (χ0v) is 11.3. The Balaban J connectivity index is 1.76. The number of thiophene rings is 1. The Morgan fingerprint density at radius 3 is 2.41 bits per heavy atom. The van der Waals surface area contributed by atoms with Gasteiger partial charge in [0.15, 0.2) is 5.06 Å². The van der Waals surface area contributed by atoms with Crippen molar-refractivity contribution in [1.29, 1.82) is 0 Å². The fourth-order valence-corrected chi connectivity index (χ4v) is 1.85. The second-order valence-electron chi connectivity index (χ2n) is 3.71. The van der Waals surface area contributed by atoms with Crippen molar-refractivity contribution in [3.63, 3.8) is 0 Å². The molecule has 0 aliphatic carbocycles. The van der Waals surface area contributed by atoms with Crippen LogP contribution in [-0.2, 0) is 9.47 Å². The molecule has 1 rings (SSSR count). The summed E-state index contributed by atoms with van der Waals surface area (Å²) in [5.74, 6) is 0. The molecule has 0 atom stereocenters. The third kappa shape index (κ3) is 8.18. The molecule has 0 spiro atoms. The van der Waals surface area contributed by atoms with Crippen molar-refractivity contribution in [2.75, 3.05) is 33.0 Å². The third-order valence-electron chi connectivity index (χ3n) is 2.19. The van der Waals surface area contributed by atoms with E-state index < -0.39 is 0 Å². The summed E-state index contributed by atoms with van der Waals surface area (Å²) in [7, 11) is 0. The highest BCUT2D eigenvalue weighted by atomic mass is 32.1. The quantitative estimate of drug-likeness (QED) is 0.570. The average Bonchev–Trinajstić information content (AvgIpc) is 2.85. The first kappa shape index (κ1) is 14.5. The van der Waals surface area contributed by atoms with Gasteiger partial charge >= 0.3 is 0 Å². The van der Waals surface area contributed by atoms with E-state index in [4.69, 9.17) is 14.2 Å². The van der Waals surface area contributed by atoms with Crippen LogP contribution >= 0.6 is 11.3 Å². The minimum Gasteiger partial charge on any atom is -0.484 e. The molecular weight excluding hydrogens is 236 g/mol. The largest absolute Gasteiger partial charge is 0.484 e. The summed E-state index contributed by atoms with van der Waals surface area (Å²) in [6, 6.07) is 3.97. The van der Waals surface area contributed by atoms with Crippen molar-refractivity contribution in [2.24, 2.45) is 0 Å². The Bertz CT molecular complexity index is 249. The lowest BCUT2D eigenvalue weighted by molar-refractivity contribution is 0.0427. The van der Waals surface area contributed by atoms with Crippen molar-refractivity contribution in [3.05, 3.63) is 17.5 Å². The number of hydrogen-bond acceptors (Lipinski definition) is 4. The summed E-state index contributed by atoms with van der Waals surface area (Å²) in [5.41, 5.74) is 0. The van der Waals surface area contributed by atoms with Crippen LogP contribution in [0.1, 0.15) is 26.2 Å². The molecule has 0 saturated carbocycles. The summed E-state index contributed by atoms with van der Waals surface area (Å²) >= 11 is 1.62. The summed E-state index contributed by atoms with van der Waals surface area (Å²) in [6.45, 7) is 5.85. The highest BCUT2D eigenvalue weighted by Crippen LogP contribution is 2.17. The maximum absolute atomic E-state index is 5.51.